The number of benzene rings is 1. The van der Waals surface area contributed by atoms with Crippen LogP contribution in [0.25, 0.3) is 10.9 Å². The van der Waals surface area contributed by atoms with Gasteiger partial charge in [-0.05, 0) is 24.3 Å². The maximum Gasteiger partial charge on any atom is 0.0976 e. The van der Waals surface area contributed by atoms with Gasteiger partial charge in [-0.15, -0.1) is 24.6 Å². The van der Waals surface area contributed by atoms with Gasteiger partial charge >= 0.3 is 0 Å². The highest BCUT2D eigenvalue weighted by Crippen LogP contribution is 2.24. The van der Waals surface area contributed by atoms with Crippen molar-refractivity contribution in [2.75, 3.05) is 11.5 Å². The van der Waals surface area contributed by atoms with Gasteiger partial charge < -0.3 is 0 Å². The second kappa shape index (κ2) is 6.40. The number of terminal acetylenes is 2. The van der Waals surface area contributed by atoms with Crippen LogP contribution in [-0.2, 0) is 0 Å². The maximum absolute atomic E-state index is 5.25. The Morgan fingerprint density at radius 1 is 1.00 bits per heavy atom. The van der Waals surface area contributed by atoms with Gasteiger partial charge in [-0.1, -0.05) is 29.7 Å². The highest BCUT2D eigenvalue weighted by molar-refractivity contribution is 7.99. The Morgan fingerprint density at radius 2 is 1.78 bits per heavy atom. The predicted octanol–water partition coefficient (Wildman–Crippen LogP) is 3.69. The Kier molecular flexibility index (Phi) is 4.59. The highest BCUT2D eigenvalue weighted by atomic mass is 32.2. The summed E-state index contributed by atoms with van der Waals surface area (Å²) in [5.74, 6) is 6.56. The molecule has 0 saturated carbocycles. The van der Waals surface area contributed by atoms with Gasteiger partial charge in [0.05, 0.1) is 22.0 Å². The van der Waals surface area contributed by atoms with Crippen LogP contribution >= 0.6 is 23.5 Å². The van der Waals surface area contributed by atoms with Gasteiger partial charge in [-0.25, -0.2) is 4.98 Å². The molecule has 0 radical (unpaired) electrons. The van der Waals surface area contributed by atoms with Gasteiger partial charge in [0.1, 0.15) is 0 Å². The van der Waals surface area contributed by atoms with Gasteiger partial charge in [0, 0.05) is 10.3 Å². The average molecular weight is 269 g/mol. The summed E-state index contributed by atoms with van der Waals surface area (Å²) in [6.07, 6.45) is 10.5. The van der Waals surface area contributed by atoms with E-state index in [1.165, 1.54) is 4.90 Å². The standard InChI is InChI=1S/C15H11NS2/c1-3-9-17-13-6-7-14-12(11-13)5-8-15(16-14)18-10-4-2/h1-2,5-8,11H,9-10H2. The number of rotatable bonds is 4. The van der Waals surface area contributed by atoms with E-state index in [2.05, 4.69) is 29.0 Å². The van der Waals surface area contributed by atoms with Gasteiger partial charge in [-0.3, -0.25) is 0 Å². The molecule has 1 aromatic carbocycles. The van der Waals surface area contributed by atoms with E-state index in [0.29, 0.717) is 11.5 Å². The van der Waals surface area contributed by atoms with Crippen LogP contribution < -0.4 is 0 Å². The van der Waals surface area contributed by atoms with Crippen molar-refractivity contribution in [1.29, 1.82) is 0 Å². The van der Waals surface area contributed by atoms with Gasteiger partial charge in [0.25, 0.3) is 0 Å². The first-order valence-electron chi connectivity index (χ1n) is 5.37. The molecule has 0 fully saturated rings. The summed E-state index contributed by atoms with van der Waals surface area (Å²) in [7, 11) is 0. The van der Waals surface area contributed by atoms with Gasteiger partial charge in [-0.2, -0.15) is 0 Å². The van der Waals surface area contributed by atoms with Gasteiger partial charge in [0.15, 0.2) is 0 Å². The molecule has 0 saturated heterocycles. The van der Waals surface area contributed by atoms with Crippen LogP contribution in [0.15, 0.2) is 40.3 Å². The van der Waals surface area contributed by atoms with Crippen molar-refractivity contribution in [3.63, 3.8) is 0 Å². The topological polar surface area (TPSA) is 12.9 Å². The van der Waals surface area contributed by atoms with E-state index in [9.17, 15) is 0 Å². The van der Waals surface area contributed by atoms with Crippen molar-refractivity contribution in [2.24, 2.45) is 0 Å². The minimum Gasteiger partial charge on any atom is -0.241 e. The SMILES string of the molecule is C#CCSc1ccc2nc(SCC#C)ccc2c1. The summed E-state index contributed by atoms with van der Waals surface area (Å²) in [6.45, 7) is 0. The average Bonchev–Trinajstić information content (AvgIpc) is 2.42. The first kappa shape index (κ1) is 12.9. The maximum atomic E-state index is 5.25. The smallest absolute Gasteiger partial charge is 0.0976 e. The van der Waals surface area contributed by atoms with E-state index < -0.39 is 0 Å². The van der Waals surface area contributed by atoms with Crippen LogP contribution in [0, 0.1) is 24.7 Å². The lowest BCUT2D eigenvalue weighted by molar-refractivity contribution is 1.19. The number of nitrogens with zero attached hydrogens (tertiary/aromatic N) is 1. The number of aromatic nitrogens is 1. The molecule has 2 rings (SSSR count). The molecule has 1 heterocycles. The summed E-state index contributed by atoms with van der Waals surface area (Å²) in [6, 6.07) is 10.3. The molecule has 0 amide bonds. The Bertz CT molecular complexity index is 578. The second-order valence-electron chi connectivity index (χ2n) is 3.49. The summed E-state index contributed by atoms with van der Waals surface area (Å²) < 4.78 is 0. The lowest BCUT2D eigenvalue weighted by Crippen LogP contribution is -1.84. The number of pyridine rings is 1. The molecule has 88 valence electrons. The molecule has 2 aromatic rings. The number of hydrogen-bond acceptors (Lipinski definition) is 3. The Labute approximate surface area is 116 Å². The molecule has 0 unspecified atom stereocenters. The van der Waals surface area contributed by atoms with Crippen molar-refractivity contribution in [1.82, 2.24) is 4.98 Å². The zero-order chi connectivity index (χ0) is 12.8. The summed E-state index contributed by atoms with van der Waals surface area (Å²) in [4.78, 5) is 5.72. The minimum atomic E-state index is 0.647. The first-order valence-corrected chi connectivity index (χ1v) is 7.34. The molecule has 0 spiro atoms. The summed E-state index contributed by atoms with van der Waals surface area (Å²) in [5, 5.41) is 2.09. The third-order valence-electron chi connectivity index (χ3n) is 2.26. The van der Waals surface area contributed by atoms with Crippen molar-refractivity contribution < 1.29 is 0 Å². The molecule has 18 heavy (non-hydrogen) atoms. The lowest BCUT2D eigenvalue weighted by atomic mass is 10.2. The second-order valence-corrected chi connectivity index (χ2v) is 5.53. The van der Waals surface area contributed by atoms with E-state index in [-0.39, 0.29) is 0 Å². The Hall–Kier alpha value is -1.55. The number of fused-ring (bicyclic) bond motifs is 1. The molecule has 3 heteroatoms. The zero-order valence-corrected chi connectivity index (χ0v) is 11.4. The van der Waals surface area contributed by atoms with E-state index in [1.807, 2.05) is 18.2 Å². The fraction of sp³-hybridized carbons (Fsp3) is 0.133. The van der Waals surface area contributed by atoms with Crippen LogP contribution in [0.1, 0.15) is 0 Å². The van der Waals surface area contributed by atoms with Crippen LogP contribution in [-0.4, -0.2) is 16.5 Å². The van der Waals surface area contributed by atoms with Crippen LogP contribution in [0.5, 0.6) is 0 Å². The lowest BCUT2D eigenvalue weighted by Gasteiger charge is -2.03. The molecular formula is C15H11NS2. The molecule has 0 aliphatic rings. The van der Waals surface area contributed by atoms with E-state index in [1.54, 1.807) is 23.5 Å². The molecule has 1 nitrogen and oxygen atoms in total. The summed E-state index contributed by atoms with van der Waals surface area (Å²) >= 11 is 3.23. The fourth-order valence-corrected chi connectivity index (χ4v) is 2.68. The first-order chi connectivity index (χ1) is 8.83. The molecule has 0 atom stereocenters. The number of hydrogen-bond donors (Lipinski definition) is 0. The molecule has 0 N–H and O–H groups in total. The van der Waals surface area contributed by atoms with Crippen molar-refractivity contribution in [3.8, 4) is 24.7 Å². The van der Waals surface area contributed by atoms with Crippen molar-refractivity contribution in [2.45, 2.75) is 9.92 Å². The zero-order valence-electron chi connectivity index (χ0n) is 9.72. The molecule has 0 bridgehead atoms. The van der Waals surface area contributed by atoms with E-state index in [4.69, 9.17) is 12.8 Å². The fourth-order valence-electron chi connectivity index (χ4n) is 1.50. The van der Waals surface area contributed by atoms with Crippen LogP contribution in [0.3, 0.4) is 0 Å². The Morgan fingerprint density at radius 3 is 2.56 bits per heavy atom. The predicted molar refractivity (Wildman–Crippen MR) is 80.9 cm³/mol. The molecular weight excluding hydrogens is 258 g/mol. The third kappa shape index (κ3) is 3.23. The normalized spacial score (nSPS) is 9.89. The number of thioether (sulfide) groups is 2. The van der Waals surface area contributed by atoms with Crippen LogP contribution in [0.4, 0.5) is 0 Å². The molecule has 0 aliphatic heterocycles. The monoisotopic (exact) mass is 269 g/mol. The molecule has 1 aromatic heterocycles. The van der Waals surface area contributed by atoms with Gasteiger partial charge in [0.2, 0.25) is 0 Å². The minimum absolute atomic E-state index is 0.647. The summed E-state index contributed by atoms with van der Waals surface area (Å²) in [5.41, 5.74) is 0.988. The Balaban J connectivity index is 2.25. The van der Waals surface area contributed by atoms with Crippen molar-refractivity contribution in [3.05, 3.63) is 30.3 Å². The molecule has 0 aliphatic carbocycles. The third-order valence-corrected chi connectivity index (χ3v) is 3.99. The quantitative estimate of drug-likeness (QED) is 0.620. The highest BCUT2D eigenvalue weighted by Gasteiger charge is 2.00. The van der Waals surface area contributed by atoms with E-state index >= 15 is 0 Å². The van der Waals surface area contributed by atoms with Crippen molar-refractivity contribution >= 4 is 34.4 Å². The van der Waals surface area contributed by atoms with E-state index in [0.717, 1.165) is 15.9 Å². The largest absolute Gasteiger partial charge is 0.241 e. The van der Waals surface area contributed by atoms with Crippen LogP contribution in [0.2, 0.25) is 0 Å².